The summed E-state index contributed by atoms with van der Waals surface area (Å²) in [6, 6.07) is 16.1. The normalized spacial score (nSPS) is 15.4. The van der Waals surface area contributed by atoms with Gasteiger partial charge in [0.25, 0.3) is 5.91 Å². The van der Waals surface area contributed by atoms with Gasteiger partial charge in [0.15, 0.2) is 5.69 Å². The van der Waals surface area contributed by atoms with Crippen LogP contribution in [-0.4, -0.2) is 53.6 Å². The largest absolute Gasteiger partial charge is 0.493 e. The second-order valence-corrected chi connectivity index (χ2v) is 7.38. The molecule has 0 saturated carbocycles. The Morgan fingerprint density at radius 2 is 1.86 bits per heavy atom. The molecule has 1 aliphatic heterocycles. The van der Waals surface area contributed by atoms with Crippen molar-refractivity contribution >= 4 is 28.2 Å². The van der Waals surface area contributed by atoms with Crippen LogP contribution in [0, 0.1) is 6.92 Å². The van der Waals surface area contributed by atoms with Crippen LogP contribution < -0.4 is 4.90 Å². The van der Waals surface area contributed by atoms with Gasteiger partial charge >= 0.3 is 0 Å². The quantitative estimate of drug-likeness (QED) is 0.644. The highest BCUT2D eigenvalue weighted by Crippen LogP contribution is 2.35. The lowest BCUT2D eigenvalue weighted by molar-refractivity contribution is -0.118. The summed E-state index contributed by atoms with van der Waals surface area (Å²) < 4.78 is 0. The summed E-state index contributed by atoms with van der Waals surface area (Å²) in [7, 11) is 0. The maximum absolute atomic E-state index is 12.2. The first-order valence-corrected chi connectivity index (χ1v) is 9.88. The minimum absolute atomic E-state index is 0.0702. The van der Waals surface area contributed by atoms with Crippen molar-refractivity contribution in [2.45, 2.75) is 13.3 Å². The van der Waals surface area contributed by atoms with Gasteiger partial charge in [0.2, 0.25) is 5.88 Å². The van der Waals surface area contributed by atoms with Gasteiger partial charge < -0.3 is 15.0 Å². The van der Waals surface area contributed by atoms with E-state index in [9.17, 15) is 9.90 Å². The van der Waals surface area contributed by atoms with Gasteiger partial charge in [-0.05, 0) is 31.2 Å². The van der Waals surface area contributed by atoms with Crippen molar-refractivity contribution in [1.29, 1.82) is 0 Å². The third-order valence-corrected chi connectivity index (χ3v) is 5.30. The first-order chi connectivity index (χ1) is 14.1. The number of aromatic hydroxyl groups is 1. The lowest BCUT2D eigenvalue weighted by Crippen LogP contribution is -2.46. The van der Waals surface area contributed by atoms with Gasteiger partial charge in [-0.2, -0.15) is 0 Å². The van der Waals surface area contributed by atoms with Crippen molar-refractivity contribution in [2.24, 2.45) is 10.2 Å². The number of aromatic amines is 1. The fraction of sp³-hybridized carbons (Fsp3) is 0.318. The zero-order chi connectivity index (χ0) is 20.2. The number of nitrogens with one attached hydrogen (secondary N) is 1. The molecule has 1 aromatic heterocycles. The van der Waals surface area contributed by atoms with Crippen LogP contribution in [0.2, 0.25) is 0 Å². The molecule has 2 N–H and O–H groups in total. The molecular weight excluding hydrogens is 366 g/mol. The van der Waals surface area contributed by atoms with Gasteiger partial charge in [-0.3, -0.25) is 9.69 Å². The standard InChI is InChI=1S/C22H25N5O2/c1-16-7-8-19-18(15-16)21(22(29)23-19)25-24-20(28)9-10-26-11-13-27(14-12-26)17-5-3-2-4-6-17/h2-8,15,23,29H,9-14H2,1H3. The van der Waals surface area contributed by atoms with Crippen LogP contribution in [0.5, 0.6) is 5.88 Å². The number of azo groups is 1. The number of fused-ring (bicyclic) bond motifs is 1. The molecule has 7 heteroatoms. The summed E-state index contributed by atoms with van der Waals surface area (Å²) in [5.74, 6) is -0.351. The molecule has 1 amide bonds. The van der Waals surface area contributed by atoms with Gasteiger partial charge in [0.05, 0.1) is 5.52 Å². The molecule has 1 aliphatic rings. The van der Waals surface area contributed by atoms with E-state index in [-0.39, 0.29) is 11.8 Å². The highest BCUT2D eigenvalue weighted by Gasteiger charge is 2.18. The number of hydrogen-bond acceptors (Lipinski definition) is 5. The number of carbonyl (C=O) groups is 1. The van der Waals surface area contributed by atoms with E-state index < -0.39 is 0 Å². The molecule has 1 saturated heterocycles. The number of amides is 1. The van der Waals surface area contributed by atoms with E-state index in [2.05, 4.69) is 49.3 Å². The summed E-state index contributed by atoms with van der Waals surface area (Å²) in [6.07, 6.45) is 0.316. The minimum atomic E-state index is -0.281. The first-order valence-electron chi connectivity index (χ1n) is 9.88. The molecule has 1 fully saturated rings. The third kappa shape index (κ3) is 4.46. The predicted molar refractivity (Wildman–Crippen MR) is 114 cm³/mol. The number of carbonyl (C=O) groups excluding carboxylic acids is 1. The number of anilines is 1. The van der Waals surface area contributed by atoms with E-state index in [1.807, 2.05) is 31.2 Å². The Morgan fingerprint density at radius 3 is 2.62 bits per heavy atom. The van der Waals surface area contributed by atoms with Gasteiger partial charge in [-0.1, -0.05) is 29.8 Å². The lowest BCUT2D eigenvalue weighted by Gasteiger charge is -2.35. The topological polar surface area (TPSA) is 84.3 Å². The Kier molecular flexibility index (Phi) is 5.57. The molecule has 29 heavy (non-hydrogen) atoms. The summed E-state index contributed by atoms with van der Waals surface area (Å²) in [5, 5.41) is 18.7. The van der Waals surface area contributed by atoms with Gasteiger partial charge in [0, 0.05) is 50.2 Å². The average molecular weight is 391 g/mol. The zero-order valence-electron chi connectivity index (χ0n) is 16.5. The highest BCUT2D eigenvalue weighted by atomic mass is 16.3. The second kappa shape index (κ2) is 8.45. The van der Waals surface area contributed by atoms with Crippen molar-refractivity contribution in [3.63, 3.8) is 0 Å². The summed E-state index contributed by atoms with van der Waals surface area (Å²) >= 11 is 0. The van der Waals surface area contributed by atoms with Crippen LogP contribution in [0.15, 0.2) is 58.8 Å². The van der Waals surface area contributed by atoms with Crippen LogP contribution >= 0.6 is 0 Å². The SMILES string of the molecule is Cc1ccc2[nH]c(O)c(N=NC(=O)CCN3CCN(c4ccccc4)CC3)c2c1. The Morgan fingerprint density at radius 1 is 1.10 bits per heavy atom. The van der Waals surface area contributed by atoms with E-state index >= 15 is 0 Å². The lowest BCUT2D eigenvalue weighted by atomic mass is 10.2. The third-order valence-electron chi connectivity index (χ3n) is 5.30. The first kappa shape index (κ1) is 19.1. The fourth-order valence-electron chi connectivity index (χ4n) is 3.66. The maximum atomic E-state index is 12.2. The van der Waals surface area contributed by atoms with Crippen LogP contribution in [0.3, 0.4) is 0 Å². The van der Waals surface area contributed by atoms with E-state index in [0.29, 0.717) is 18.7 Å². The molecule has 3 aromatic rings. The Bertz CT molecular complexity index is 1020. The van der Waals surface area contributed by atoms with E-state index in [4.69, 9.17) is 0 Å². The highest BCUT2D eigenvalue weighted by molar-refractivity contribution is 5.94. The molecule has 0 radical (unpaired) electrons. The Hall–Kier alpha value is -3.19. The van der Waals surface area contributed by atoms with Crippen molar-refractivity contribution < 1.29 is 9.90 Å². The Balaban J connectivity index is 1.30. The van der Waals surface area contributed by atoms with Crippen LogP contribution in [0.25, 0.3) is 10.9 Å². The zero-order valence-corrected chi connectivity index (χ0v) is 16.5. The van der Waals surface area contributed by atoms with Gasteiger partial charge in [-0.15, -0.1) is 10.2 Å². The number of piperazine rings is 1. The van der Waals surface area contributed by atoms with E-state index in [1.54, 1.807) is 0 Å². The van der Waals surface area contributed by atoms with Crippen molar-refractivity contribution in [2.75, 3.05) is 37.6 Å². The van der Waals surface area contributed by atoms with Crippen molar-refractivity contribution in [3.8, 4) is 5.88 Å². The molecule has 0 unspecified atom stereocenters. The number of nitrogens with zero attached hydrogens (tertiary/aromatic N) is 4. The predicted octanol–water partition coefficient (Wildman–Crippen LogP) is 4.00. The molecule has 0 spiro atoms. The number of H-pyrrole nitrogens is 1. The molecular formula is C22H25N5O2. The Labute approximate surface area is 169 Å². The monoisotopic (exact) mass is 391 g/mol. The fourth-order valence-corrected chi connectivity index (χ4v) is 3.66. The number of hydrogen-bond donors (Lipinski definition) is 2. The van der Waals surface area contributed by atoms with E-state index in [0.717, 1.165) is 42.6 Å². The molecule has 2 heterocycles. The molecule has 0 bridgehead atoms. The molecule has 7 nitrogen and oxygen atoms in total. The summed E-state index contributed by atoms with van der Waals surface area (Å²) in [4.78, 5) is 19.7. The molecule has 0 aliphatic carbocycles. The molecule has 150 valence electrons. The number of aromatic nitrogens is 1. The average Bonchev–Trinajstić information content (AvgIpc) is 3.06. The molecule has 0 atom stereocenters. The van der Waals surface area contributed by atoms with Crippen molar-refractivity contribution in [3.05, 3.63) is 54.1 Å². The van der Waals surface area contributed by atoms with Crippen LogP contribution in [-0.2, 0) is 4.79 Å². The van der Waals surface area contributed by atoms with Gasteiger partial charge in [-0.25, -0.2) is 0 Å². The smallest absolute Gasteiger partial charge is 0.266 e. The van der Waals surface area contributed by atoms with Gasteiger partial charge in [0.1, 0.15) is 0 Å². The summed E-state index contributed by atoms with van der Waals surface area (Å²) in [6.45, 7) is 6.36. The number of aryl methyl sites for hydroxylation is 1. The summed E-state index contributed by atoms with van der Waals surface area (Å²) in [5.41, 5.74) is 3.37. The number of rotatable bonds is 5. The van der Waals surface area contributed by atoms with E-state index in [1.165, 1.54) is 5.69 Å². The second-order valence-electron chi connectivity index (χ2n) is 7.38. The molecule has 2 aromatic carbocycles. The number of para-hydroxylation sites is 1. The maximum Gasteiger partial charge on any atom is 0.266 e. The molecule has 4 rings (SSSR count). The number of benzene rings is 2. The van der Waals surface area contributed by atoms with Crippen molar-refractivity contribution in [1.82, 2.24) is 9.88 Å². The van der Waals surface area contributed by atoms with Crippen LogP contribution in [0.1, 0.15) is 12.0 Å². The van der Waals surface area contributed by atoms with Crippen LogP contribution in [0.4, 0.5) is 11.4 Å². The minimum Gasteiger partial charge on any atom is -0.493 e.